The zero-order chi connectivity index (χ0) is 14.4. The minimum Gasteiger partial charge on any atom is -0.362 e. The van der Waals surface area contributed by atoms with E-state index in [-0.39, 0.29) is 0 Å². The summed E-state index contributed by atoms with van der Waals surface area (Å²) in [4.78, 5) is 8.42. The number of nitrogens with two attached hydrogens (primary N) is 1. The Labute approximate surface area is 117 Å². The van der Waals surface area contributed by atoms with Crippen molar-refractivity contribution in [2.24, 2.45) is 5.84 Å². The van der Waals surface area contributed by atoms with Crippen LogP contribution < -0.4 is 16.6 Å². The Hall–Kier alpha value is -2.22. The zero-order valence-corrected chi connectivity index (χ0v) is 11.8. The van der Waals surface area contributed by atoms with E-state index in [0.29, 0.717) is 12.4 Å². The Kier molecular flexibility index (Phi) is 4.83. The standard InChI is InChI=1S/C12H20N8/c1-3-5-9-11(15-7-16-12(9)18-13)14-6-10-19-17-8-20(10)4-2/h7-8H,3-6,13H2,1-2H3,(H2,14,15,16,18). The molecule has 0 spiro atoms. The first-order chi connectivity index (χ1) is 9.80. The number of hydrogen-bond donors (Lipinski definition) is 3. The first-order valence-corrected chi connectivity index (χ1v) is 6.71. The molecular formula is C12H20N8. The summed E-state index contributed by atoms with van der Waals surface area (Å²) in [6.45, 7) is 5.55. The molecule has 0 bridgehead atoms. The number of nitrogens with zero attached hydrogens (tertiary/aromatic N) is 5. The molecular weight excluding hydrogens is 256 g/mol. The SMILES string of the molecule is CCCc1c(NN)ncnc1NCc1nncn1CC. The maximum absolute atomic E-state index is 5.49. The number of aromatic nitrogens is 5. The minimum absolute atomic E-state index is 0.561. The fourth-order valence-corrected chi connectivity index (χ4v) is 2.02. The van der Waals surface area contributed by atoms with Gasteiger partial charge in [0.15, 0.2) is 5.82 Å². The van der Waals surface area contributed by atoms with Crippen molar-refractivity contribution in [3.8, 4) is 0 Å². The molecule has 8 heteroatoms. The summed E-state index contributed by atoms with van der Waals surface area (Å²) < 4.78 is 1.98. The summed E-state index contributed by atoms with van der Waals surface area (Å²) in [6.07, 6.45) is 5.04. The quantitative estimate of drug-likeness (QED) is 0.510. The van der Waals surface area contributed by atoms with Crippen LogP contribution in [0.4, 0.5) is 11.6 Å². The summed E-state index contributed by atoms with van der Waals surface area (Å²) in [6, 6.07) is 0. The largest absolute Gasteiger partial charge is 0.362 e. The topological polar surface area (TPSA) is 107 Å². The third-order valence-corrected chi connectivity index (χ3v) is 3.03. The number of hydrogen-bond acceptors (Lipinski definition) is 7. The molecule has 8 nitrogen and oxygen atoms in total. The van der Waals surface area contributed by atoms with Gasteiger partial charge in [-0.05, 0) is 13.3 Å². The fourth-order valence-electron chi connectivity index (χ4n) is 2.02. The zero-order valence-electron chi connectivity index (χ0n) is 11.8. The van der Waals surface area contributed by atoms with Gasteiger partial charge in [-0.3, -0.25) is 0 Å². The predicted octanol–water partition coefficient (Wildman–Crippen LogP) is 0.938. The minimum atomic E-state index is 0.561. The normalized spacial score (nSPS) is 10.6. The van der Waals surface area contributed by atoms with Crippen LogP contribution in [0.2, 0.25) is 0 Å². The van der Waals surface area contributed by atoms with Gasteiger partial charge in [-0.2, -0.15) is 0 Å². The highest BCUT2D eigenvalue weighted by atomic mass is 15.3. The summed E-state index contributed by atoms with van der Waals surface area (Å²) in [5, 5.41) is 11.3. The summed E-state index contributed by atoms with van der Waals surface area (Å²) >= 11 is 0. The average Bonchev–Trinajstić information content (AvgIpc) is 2.93. The molecule has 0 fully saturated rings. The van der Waals surface area contributed by atoms with Gasteiger partial charge < -0.3 is 15.3 Å². The van der Waals surface area contributed by atoms with Crippen molar-refractivity contribution in [2.45, 2.75) is 39.8 Å². The highest BCUT2D eigenvalue weighted by molar-refractivity contribution is 5.56. The van der Waals surface area contributed by atoms with Gasteiger partial charge in [-0.1, -0.05) is 13.3 Å². The third kappa shape index (κ3) is 3.02. The highest BCUT2D eigenvalue weighted by Crippen LogP contribution is 2.21. The molecule has 2 rings (SSSR count). The molecule has 0 unspecified atom stereocenters. The lowest BCUT2D eigenvalue weighted by Crippen LogP contribution is -2.15. The van der Waals surface area contributed by atoms with Crippen LogP contribution in [0, 0.1) is 0 Å². The number of nitrogens with one attached hydrogen (secondary N) is 2. The van der Waals surface area contributed by atoms with Gasteiger partial charge in [0.1, 0.15) is 24.3 Å². The highest BCUT2D eigenvalue weighted by Gasteiger charge is 2.11. The van der Waals surface area contributed by atoms with E-state index in [9.17, 15) is 0 Å². The molecule has 0 atom stereocenters. The molecule has 0 radical (unpaired) electrons. The molecule has 0 saturated heterocycles. The van der Waals surface area contributed by atoms with E-state index >= 15 is 0 Å². The van der Waals surface area contributed by atoms with Crippen molar-refractivity contribution in [1.82, 2.24) is 24.7 Å². The molecule has 0 aliphatic carbocycles. The van der Waals surface area contributed by atoms with Gasteiger partial charge in [0, 0.05) is 12.1 Å². The molecule has 0 aliphatic rings. The summed E-state index contributed by atoms with van der Waals surface area (Å²) in [7, 11) is 0. The number of hydrazine groups is 1. The van der Waals surface area contributed by atoms with E-state index in [4.69, 9.17) is 5.84 Å². The Morgan fingerprint density at radius 3 is 2.75 bits per heavy atom. The molecule has 2 aromatic heterocycles. The number of rotatable bonds is 7. The van der Waals surface area contributed by atoms with Crippen molar-refractivity contribution >= 4 is 11.6 Å². The van der Waals surface area contributed by atoms with E-state index in [1.54, 1.807) is 6.33 Å². The maximum Gasteiger partial charge on any atom is 0.152 e. The van der Waals surface area contributed by atoms with Gasteiger partial charge >= 0.3 is 0 Å². The lowest BCUT2D eigenvalue weighted by atomic mass is 10.1. The molecule has 2 aromatic rings. The van der Waals surface area contributed by atoms with Gasteiger partial charge in [0.05, 0.1) is 6.54 Å². The van der Waals surface area contributed by atoms with Gasteiger partial charge in [-0.25, -0.2) is 15.8 Å². The summed E-state index contributed by atoms with van der Waals surface area (Å²) in [5.74, 6) is 7.79. The lowest BCUT2D eigenvalue weighted by Gasteiger charge is -2.13. The van der Waals surface area contributed by atoms with Crippen molar-refractivity contribution in [2.75, 3.05) is 10.7 Å². The van der Waals surface area contributed by atoms with Crippen LogP contribution in [0.3, 0.4) is 0 Å². The molecule has 20 heavy (non-hydrogen) atoms. The Bertz CT molecular complexity index is 550. The number of anilines is 2. The van der Waals surface area contributed by atoms with Crippen molar-refractivity contribution in [3.05, 3.63) is 24.0 Å². The lowest BCUT2D eigenvalue weighted by molar-refractivity contribution is 0.706. The van der Waals surface area contributed by atoms with Gasteiger partial charge in [0.25, 0.3) is 0 Å². The third-order valence-electron chi connectivity index (χ3n) is 3.03. The maximum atomic E-state index is 5.49. The molecule has 4 N–H and O–H groups in total. The van der Waals surface area contributed by atoms with E-state index in [0.717, 1.165) is 36.6 Å². The van der Waals surface area contributed by atoms with Crippen molar-refractivity contribution in [3.63, 3.8) is 0 Å². The van der Waals surface area contributed by atoms with E-state index in [1.807, 2.05) is 4.57 Å². The predicted molar refractivity (Wildman–Crippen MR) is 76.9 cm³/mol. The van der Waals surface area contributed by atoms with Crippen LogP contribution in [0.25, 0.3) is 0 Å². The van der Waals surface area contributed by atoms with Crippen LogP contribution in [0.5, 0.6) is 0 Å². The Balaban J connectivity index is 2.16. The van der Waals surface area contributed by atoms with Crippen molar-refractivity contribution < 1.29 is 0 Å². The van der Waals surface area contributed by atoms with E-state index < -0.39 is 0 Å². The molecule has 0 saturated carbocycles. The second-order valence-corrected chi connectivity index (χ2v) is 4.33. The monoisotopic (exact) mass is 276 g/mol. The van der Waals surface area contributed by atoms with Gasteiger partial charge in [0.2, 0.25) is 0 Å². The fraction of sp³-hybridized carbons (Fsp3) is 0.500. The molecule has 0 aromatic carbocycles. The second kappa shape index (κ2) is 6.80. The number of aryl methyl sites for hydroxylation is 1. The molecule has 0 amide bonds. The van der Waals surface area contributed by atoms with Crippen molar-refractivity contribution in [1.29, 1.82) is 0 Å². The van der Waals surface area contributed by atoms with Gasteiger partial charge in [-0.15, -0.1) is 10.2 Å². The first kappa shape index (κ1) is 14.2. The average molecular weight is 276 g/mol. The van der Waals surface area contributed by atoms with Crippen LogP contribution >= 0.6 is 0 Å². The second-order valence-electron chi connectivity index (χ2n) is 4.33. The van der Waals surface area contributed by atoms with Crippen LogP contribution in [-0.4, -0.2) is 24.7 Å². The van der Waals surface area contributed by atoms with Crippen LogP contribution in [0.15, 0.2) is 12.7 Å². The molecule has 2 heterocycles. The van der Waals surface area contributed by atoms with E-state index in [1.165, 1.54) is 6.33 Å². The van der Waals surface area contributed by atoms with Crippen LogP contribution in [0.1, 0.15) is 31.7 Å². The molecule has 0 aliphatic heterocycles. The smallest absolute Gasteiger partial charge is 0.152 e. The first-order valence-electron chi connectivity index (χ1n) is 6.71. The summed E-state index contributed by atoms with van der Waals surface area (Å²) in [5.41, 5.74) is 3.60. The van der Waals surface area contributed by atoms with E-state index in [2.05, 4.69) is 44.8 Å². The van der Waals surface area contributed by atoms with Crippen LogP contribution in [-0.2, 0) is 19.5 Å². The Morgan fingerprint density at radius 2 is 2.05 bits per heavy atom. The number of nitrogen functional groups attached to an aromatic ring is 1. The Morgan fingerprint density at radius 1 is 1.25 bits per heavy atom. The molecule has 108 valence electrons.